The van der Waals surface area contributed by atoms with Crippen molar-refractivity contribution in [3.8, 4) is 0 Å². The summed E-state index contributed by atoms with van der Waals surface area (Å²) < 4.78 is 24.2. The molecule has 1 heterocycles. The lowest BCUT2D eigenvalue weighted by Crippen LogP contribution is -2.20. The molecule has 0 bridgehead atoms. The van der Waals surface area contributed by atoms with Gasteiger partial charge in [-0.25, -0.2) is 13.1 Å². The fourth-order valence-electron chi connectivity index (χ4n) is 1.78. The maximum Gasteiger partial charge on any atom is 0.266 e. The Hall–Kier alpha value is -2.14. The van der Waals surface area contributed by atoms with Crippen LogP contribution in [0.2, 0.25) is 0 Å². The molecule has 1 aliphatic heterocycles. The van der Waals surface area contributed by atoms with E-state index < -0.39 is 15.9 Å². The maximum atomic E-state index is 11.1. The average Bonchev–Trinajstić information content (AvgIpc) is 2.65. The highest BCUT2D eigenvalue weighted by molar-refractivity contribution is 7.90. The molecule has 104 valence electrons. The van der Waals surface area contributed by atoms with Gasteiger partial charge in [0.15, 0.2) is 0 Å². The molecule has 4 nitrogen and oxygen atoms in total. The Morgan fingerprint density at radius 2 is 1.35 bits per heavy atom. The van der Waals surface area contributed by atoms with Crippen LogP contribution in [0.25, 0.3) is 0 Å². The Bertz CT molecular complexity index is 730. The van der Waals surface area contributed by atoms with Gasteiger partial charge in [0.05, 0.1) is 5.56 Å². The molecule has 1 amide bonds. The largest absolute Gasteiger partial charge is 0.268 e. The van der Waals surface area contributed by atoms with Gasteiger partial charge in [-0.05, 0) is 37.1 Å². The van der Waals surface area contributed by atoms with Gasteiger partial charge in [-0.3, -0.25) is 4.79 Å². The molecule has 20 heavy (non-hydrogen) atoms. The Morgan fingerprint density at radius 3 is 1.85 bits per heavy atom. The Labute approximate surface area is 118 Å². The number of nitrogens with one attached hydrogen (secondary N) is 1. The molecule has 0 spiro atoms. The topological polar surface area (TPSA) is 63.2 Å². The Kier molecular flexibility index (Phi) is 3.90. The van der Waals surface area contributed by atoms with Crippen molar-refractivity contribution in [1.29, 1.82) is 0 Å². The SMILES string of the molecule is Cc1ccccc1C.O=C1NS(=O)(=O)c2ccccc21. The van der Waals surface area contributed by atoms with E-state index in [0.29, 0.717) is 0 Å². The second-order valence-electron chi connectivity index (χ2n) is 4.52. The normalized spacial score (nSPS) is 14.8. The minimum Gasteiger partial charge on any atom is -0.268 e. The van der Waals surface area contributed by atoms with Crippen molar-refractivity contribution in [2.24, 2.45) is 0 Å². The molecular weight excluding hydrogens is 274 g/mol. The number of rotatable bonds is 0. The standard InChI is InChI=1S/C8H10.C7H5NO3S/c1-7-5-3-4-6-8(7)2;9-7-5-3-1-2-4-6(5)12(10,11)8-7/h3-6H,1-2H3;1-4H,(H,8,9). The first-order chi connectivity index (χ1) is 9.42. The molecule has 1 aliphatic rings. The number of fused-ring (bicyclic) bond motifs is 1. The fraction of sp³-hybridized carbons (Fsp3) is 0.133. The smallest absolute Gasteiger partial charge is 0.266 e. The van der Waals surface area contributed by atoms with E-state index >= 15 is 0 Å². The number of sulfonamides is 1. The van der Waals surface area contributed by atoms with Crippen molar-refractivity contribution in [1.82, 2.24) is 4.72 Å². The van der Waals surface area contributed by atoms with Crippen molar-refractivity contribution in [3.63, 3.8) is 0 Å². The molecule has 0 fully saturated rings. The molecular formula is C15H15NO3S. The number of aryl methyl sites for hydroxylation is 2. The fourth-order valence-corrected chi connectivity index (χ4v) is 2.96. The molecule has 0 unspecified atom stereocenters. The molecule has 2 aromatic rings. The van der Waals surface area contributed by atoms with Crippen molar-refractivity contribution >= 4 is 15.9 Å². The van der Waals surface area contributed by atoms with Crippen LogP contribution in [0.4, 0.5) is 0 Å². The summed E-state index contributed by atoms with van der Waals surface area (Å²) in [5.41, 5.74) is 2.96. The monoisotopic (exact) mass is 289 g/mol. The second-order valence-corrected chi connectivity index (χ2v) is 6.17. The van der Waals surface area contributed by atoms with Gasteiger partial charge in [-0.2, -0.15) is 0 Å². The highest BCUT2D eigenvalue weighted by Gasteiger charge is 2.31. The average molecular weight is 289 g/mol. The van der Waals surface area contributed by atoms with Crippen LogP contribution in [0.1, 0.15) is 21.5 Å². The van der Waals surface area contributed by atoms with Crippen LogP contribution in [0, 0.1) is 13.8 Å². The van der Waals surface area contributed by atoms with Crippen molar-refractivity contribution < 1.29 is 13.2 Å². The van der Waals surface area contributed by atoms with Crippen molar-refractivity contribution in [2.75, 3.05) is 0 Å². The molecule has 1 N–H and O–H groups in total. The lowest BCUT2D eigenvalue weighted by molar-refractivity contribution is 0.0985. The van der Waals surface area contributed by atoms with Crippen LogP contribution in [0.3, 0.4) is 0 Å². The zero-order valence-corrected chi connectivity index (χ0v) is 12.1. The molecule has 0 atom stereocenters. The number of hydrogen-bond donors (Lipinski definition) is 1. The van der Waals surface area contributed by atoms with Gasteiger partial charge in [-0.15, -0.1) is 0 Å². The molecule has 0 aliphatic carbocycles. The number of carbonyl (C=O) groups excluding carboxylic acids is 1. The van der Waals surface area contributed by atoms with Gasteiger partial charge in [0, 0.05) is 0 Å². The second kappa shape index (κ2) is 5.46. The van der Waals surface area contributed by atoms with Crippen molar-refractivity contribution in [3.05, 3.63) is 65.2 Å². The zero-order valence-electron chi connectivity index (χ0n) is 11.3. The predicted molar refractivity (Wildman–Crippen MR) is 77.0 cm³/mol. The summed E-state index contributed by atoms with van der Waals surface area (Å²) in [5.74, 6) is -0.550. The molecule has 2 aromatic carbocycles. The lowest BCUT2D eigenvalue weighted by Gasteiger charge is -1.93. The van der Waals surface area contributed by atoms with E-state index in [0.717, 1.165) is 0 Å². The number of carbonyl (C=O) groups is 1. The maximum absolute atomic E-state index is 11.1. The van der Waals surface area contributed by atoms with E-state index in [9.17, 15) is 13.2 Å². The van der Waals surface area contributed by atoms with Crippen LogP contribution in [0.15, 0.2) is 53.4 Å². The van der Waals surface area contributed by atoms with E-state index in [2.05, 4.69) is 38.1 Å². The van der Waals surface area contributed by atoms with Crippen LogP contribution in [0.5, 0.6) is 0 Å². The van der Waals surface area contributed by atoms with Gasteiger partial charge in [-0.1, -0.05) is 36.4 Å². The third-order valence-corrected chi connectivity index (χ3v) is 4.46. The summed E-state index contributed by atoms with van der Waals surface area (Å²) in [5, 5.41) is 0. The summed E-state index contributed by atoms with van der Waals surface area (Å²) in [6, 6.07) is 14.4. The predicted octanol–water partition coefficient (Wildman–Crippen LogP) is 2.42. The summed E-state index contributed by atoms with van der Waals surface area (Å²) in [7, 11) is -3.55. The van der Waals surface area contributed by atoms with E-state index in [-0.39, 0.29) is 10.5 Å². The summed E-state index contributed by atoms with van der Waals surface area (Å²) in [6.45, 7) is 4.24. The summed E-state index contributed by atoms with van der Waals surface area (Å²) in [4.78, 5) is 11.1. The molecule has 5 heteroatoms. The van der Waals surface area contributed by atoms with Crippen LogP contribution >= 0.6 is 0 Å². The minimum absolute atomic E-state index is 0.0648. The van der Waals surface area contributed by atoms with Gasteiger partial charge < -0.3 is 0 Å². The first-order valence-electron chi connectivity index (χ1n) is 6.10. The van der Waals surface area contributed by atoms with Crippen LogP contribution < -0.4 is 4.72 Å². The van der Waals surface area contributed by atoms with Crippen LogP contribution in [-0.4, -0.2) is 14.3 Å². The molecule has 3 rings (SSSR count). The van der Waals surface area contributed by atoms with E-state index in [4.69, 9.17) is 0 Å². The summed E-state index contributed by atoms with van der Waals surface area (Å²) >= 11 is 0. The first kappa shape index (κ1) is 14.3. The molecule has 0 radical (unpaired) electrons. The Balaban J connectivity index is 0.000000160. The highest BCUT2D eigenvalue weighted by Crippen LogP contribution is 2.20. The van der Waals surface area contributed by atoms with E-state index in [1.54, 1.807) is 12.1 Å². The van der Waals surface area contributed by atoms with Gasteiger partial charge in [0.1, 0.15) is 4.90 Å². The first-order valence-corrected chi connectivity index (χ1v) is 7.58. The summed E-state index contributed by atoms with van der Waals surface area (Å²) in [6.07, 6.45) is 0. The van der Waals surface area contributed by atoms with E-state index in [1.165, 1.54) is 23.3 Å². The number of amides is 1. The third kappa shape index (κ3) is 2.88. The van der Waals surface area contributed by atoms with Gasteiger partial charge in [0.25, 0.3) is 15.9 Å². The quantitative estimate of drug-likeness (QED) is 0.810. The van der Waals surface area contributed by atoms with E-state index in [1.807, 2.05) is 4.72 Å². The molecule has 0 aromatic heterocycles. The number of benzene rings is 2. The lowest BCUT2D eigenvalue weighted by atomic mass is 10.1. The highest BCUT2D eigenvalue weighted by atomic mass is 32.2. The van der Waals surface area contributed by atoms with Gasteiger partial charge >= 0.3 is 0 Å². The van der Waals surface area contributed by atoms with Crippen molar-refractivity contribution in [2.45, 2.75) is 18.7 Å². The zero-order chi connectivity index (χ0) is 14.8. The molecule has 0 saturated carbocycles. The van der Waals surface area contributed by atoms with Gasteiger partial charge in [0.2, 0.25) is 0 Å². The Morgan fingerprint density at radius 1 is 0.850 bits per heavy atom. The van der Waals surface area contributed by atoms with Crippen LogP contribution in [-0.2, 0) is 10.0 Å². The molecule has 0 saturated heterocycles. The minimum atomic E-state index is -3.55. The number of hydrogen-bond acceptors (Lipinski definition) is 3. The third-order valence-electron chi connectivity index (χ3n) is 3.07.